The maximum Gasteiger partial charge on any atom is 0.110 e. The van der Waals surface area contributed by atoms with Gasteiger partial charge in [-0.3, -0.25) is 0 Å². The zero-order valence-corrected chi connectivity index (χ0v) is 6.40. The summed E-state index contributed by atoms with van der Waals surface area (Å²) >= 11 is 0. The molecule has 5 heteroatoms. The molecule has 0 radical (unpaired) electrons. The van der Waals surface area contributed by atoms with E-state index >= 15 is 0 Å². The quantitative estimate of drug-likeness (QED) is 0.399. The predicted octanol–water partition coefficient (Wildman–Crippen LogP) is -1.79. The average molecular weight is 168 g/mol. The van der Waals surface area contributed by atoms with Gasteiger partial charge in [0.25, 0.3) is 0 Å². The standard InChI is InChI=1S/C5H10O4.H2S/c6-3-1-9-2-4(7)5(3)8;/h3-8H,1-2H2;1H2. The molecular weight excluding hydrogens is 156 g/mol. The maximum absolute atomic E-state index is 8.87. The minimum absolute atomic E-state index is 0. The zero-order valence-electron chi connectivity index (χ0n) is 5.40. The predicted molar refractivity (Wildman–Crippen MR) is 39.2 cm³/mol. The second-order valence-corrected chi connectivity index (χ2v) is 2.16. The maximum atomic E-state index is 8.87. The molecule has 0 amide bonds. The highest BCUT2D eigenvalue weighted by atomic mass is 32.1. The largest absolute Gasteiger partial charge is 0.388 e. The Kier molecular flexibility index (Phi) is 4.23. The van der Waals surface area contributed by atoms with Gasteiger partial charge in [-0.05, 0) is 0 Å². The molecule has 62 valence electrons. The Morgan fingerprint density at radius 2 is 1.40 bits per heavy atom. The molecule has 2 unspecified atom stereocenters. The van der Waals surface area contributed by atoms with Crippen LogP contribution in [0.5, 0.6) is 0 Å². The first-order valence-corrected chi connectivity index (χ1v) is 2.84. The van der Waals surface area contributed by atoms with Crippen molar-refractivity contribution in [3.05, 3.63) is 0 Å². The monoisotopic (exact) mass is 168 g/mol. The summed E-state index contributed by atoms with van der Waals surface area (Å²) in [7, 11) is 0. The second kappa shape index (κ2) is 4.15. The number of ether oxygens (including phenoxy) is 1. The van der Waals surface area contributed by atoms with Crippen molar-refractivity contribution in [1.82, 2.24) is 0 Å². The lowest BCUT2D eigenvalue weighted by Gasteiger charge is -2.27. The van der Waals surface area contributed by atoms with Crippen LogP contribution in [0.25, 0.3) is 0 Å². The summed E-state index contributed by atoms with van der Waals surface area (Å²) in [5.41, 5.74) is 0. The molecule has 0 aromatic heterocycles. The van der Waals surface area contributed by atoms with Gasteiger partial charge in [0.2, 0.25) is 0 Å². The lowest BCUT2D eigenvalue weighted by Crippen LogP contribution is -2.47. The molecule has 10 heavy (non-hydrogen) atoms. The van der Waals surface area contributed by atoms with Gasteiger partial charge in [-0.2, -0.15) is 13.5 Å². The van der Waals surface area contributed by atoms with Crippen LogP contribution in [-0.2, 0) is 4.74 Å². The van der Waals surface area contributed by atoms with E-state index in [0.717, 1.165) is 0 Å². The van der Waals surface area contributed by atoms with Crippen molar-refractivity contribution >= 4 is 13.5 Å². The second-order valence-electron chi connectivity index (χ2n) is 2.16. The van der Waals surface area contributed by atoms with Crippen molar-refractivity contribution in [1.29, 1.82) is 0 Å². The molecule has 0 bridgehead atoms. The van der Waals surface area contributed by atoms with E-state index in [1.165, 1.54) is 0 Å². The van der Waals surface area contributed by atoms with E-state index in [0.29, 0.717) is 0 Å². The van der Waals surface area contributed by atoms with Crippen molar-refractivity contribution in [2.45, 2.75) is 18.3 Å². The van der Waals surface area contributed by atoms with Gasteiger partial charge in [-0.25, -0.2) is 0 Å². The molecule has 0 aromatic carbocycles. The molecule has 4 nitrogen and oxygen atoms in total. The Balaban J connectivity index is 0.000000810. The zero-order chi connectivity index (χ0) is 6.85. The van der Waals surface area contributed by atoms with Crippen LogP contribution in [0.2, 0.25) is 0 Å². The molecule has 3 N–H and O–H groups in total. The number of hydrogen-bond acceptors (Lipinski definition) is 4. The lowest BCUT2D eigenvalue weighted by atomic mass is 10.1. The third-order valence-corrected chi connectivity index (χ3v) is 1.37. The van der Waals surface area contributed by atoms with Gasteiger partial charge in [-0.15, -0.1) is 0 Å². The topological polar surface area (TPSA) is 69.9 Å². The van der Waals surface area contributed by atoms with Crippen LogP contribution in [0.1, 0.15) is 0 Å². The first-order chi connectivity index (χ1) is 4.22. The highest BCUT2D eigenvalue weighted by Gasteiger charge is 2.29. The minimum atomic E-state index is -1.04. The van der Waals surface area contributed by atoms with Crippen molar-refractivity contribution in [2.75, 3.05) is 13.2 Å². The first-order valence-electron chi connectivity index (χ1n) is 2.84. The Bertz CT molecular complexity index is 89.6. The number of hydrogen-bond donors (Lipinski definition) is 3. The molecule has 1 aliphatic heterocycles. The Hall–Kier alpha value is 0.190. The highest BCUT2D eigenvalue weighted by Crippen LogP contribution is 2.07. The molecule has 1 saturated heterocycles. The summed E-state index contributed by atoms with van der Waals surface area (Å²) in [5, 5.41) is 26.5. The van der Waals surface area contributed by atoms with Gasteiger partial charge in [0, 0.05) is 0 Å². The summed E-state index contributed by atoms with van der Waals surface area (Å²) in [6.45, 7) is 0.219. The summed E-state index contributed by atoms with van der Waals surface area (Å²) in [6.07, 6.45) is -2.92. The van der Waals surface area contributed by atoms with Gasteiger partial charge >= 0.3 is 0 Å². The van der Waals surface area contributed by atoms with Crippen LogP contribution in [0.4, 0.5) is 0 Å². The molecule has 0 spiro atoms. The molecule has 2 atom stereocenters. The van der Waals surface area contributed by atoms with E-state index < -0.39 is 18.3 Å². The van der Waals surface area contributed by atoms with Crippen molar-refractivity contribution < 1.29 is 20.1 Å². The van der Waals surface area contributed by atoms with Crippen LogP contribution < -0.4 is 0 Å². The van der Waals surface area contributed by atoms with Crippen molar-refractivity contribution in [3.63, 3.8) is 0 Å². The fraction of sp³-hybridized carbons (Fsp3) is 1.00. The van der Waals surface area contributed by atoms with Gasteiger partial charge in [-0.1, -0.05) is 0 Å². The van der Waals surface area contributed by atoms with E-state index in [4.69, 9.17) is 20.1 Å². The summed E-state index contributed by atoms with van der Waals surface area (Å²) in [4.78, 5) is 0. The Labute approximate surface area is 65.9 Å². The number of rotatable bonds is 0. The fourth-order valence-electron chi connectivity index (χ4n) is 0.763. The van der Waals surface area contributed by atoms with Crippen LogP contribution in [0.3, 0.4) is 0 Å². The molecule has 0 saturated carbocycles. The number of aliphatic hydroxyl groups excluding tert-OH is 3. The fourth-order valence-corrected chi connectivity index (χ4v) is 0.763. The average Bonchev–Trinajstić information content (AvgIpc) is 1.83. The first kappa shape index (κ1) is 10.2. The van der Waals surface area contributed by atoms with E-state index in [9.17, 15) is 0 Å². The lowest BCUT2D eigenvalue weighted by molar-refractivity contribution is -0.150. The van der Waals surface area contributed by atoms with Crippen LogP contribution >= 0.6 is 13.5 Å². The van der Waals surface area contributed by atoms with Crippen LogP contribution in [0.15, 0.2) is 0 Å². The molecule has 1 rings (SSSR count). The smallest absolute Gasteiger partial charge is 0.110 e. The Morgan fingerprint density at radius 3 is 1.70 bits per heavy atom. The van der Waals surface area contributed by atoms with Gasteiger partial charge in [0.1, 0.15) is 18.3 Å². The normalized spacial score (nSPS) is 40.5. The molecule has 1 heterocycles. The molecule has 1 aliphatic rings. The molecule has 0 aliphatic carbocycles. The van der Waals surface area contributed by atoms with Gasteiger partial charge in [0.15, 0.2) is 0 Å². The third-order valence-electron chi connectivity index (χ3n) is 1.37. The minimum Gasteiger partial charge on any atom is -0.388 e. The summed E-state index contributed by atoms with van der Waals surface area (Å²) in [6, 6.07) is 0. The van der Waals surface area contributed by atoms with Gasteiger partial charge < -0.3 is 20.1 Å². The highest BCUT2D eigenvalue weighted by molar-refractivity contribution is 7.59. The van der Waals surface area contributed by atoms with Crippen LogP contribution in [-0.4, -0.2) is 46.8 Å². The Morgan fingerprint density at radius 1 is 1.00 bits per heavy atom. The van der Waals surface area contributed by atoms with E-state index in [-0.39, 0.29) is 26.7 Å². The van der Waals surface area contributed by atoms with Gasteiger partial charge in [0.05, 0.1) is 13.2 Å². The molecule has 0 aromatic rings. The van der Waals surface area contributed by atoms with Crippen molar-refractivity contribution in [2.24, 2.45) is 0 Å². The van der Waals surface area contributed by atoms with E-state index in [1.807, 2.05) is 0 Å². The molecular formula is C5H12O4S. The third kappa shape index (κ3) is 2.10. The summed E-state index contributed by atoms with van der Waals surface area (Å²) in [5.74, 6) is 0. The summed E-state index contributed by atoms with van der Waals surface area (Å²) < 4.78 is 4.70. The van der Waals surface area contributed by atoms with Crippen molar-refractivity contribution in [3.8, 4) is 0 Å². The molecule has 1 fully saturated rings. The van der Waals surface area contributed by atoms with Crippen LogP contribution in [0, 0.1) is 0 Å². The van der Waals surface area contributed by atoms with E-state index in [2.05, 4.69) is 0 Å². The van der Waals surface area contributed by atoms with E-state index in [1.54, 1.807) is 0 Å². The number of aliphatic hydroxyl groups is 3. The SMILES string of the molecule is OC1COCC(O)C1O.S.